The van der Waals surface area contributed by atoms with Gasteiger partial charge in [-0.25, -0.2) is 0 Å². The maximum absolute atomic E-state index is 5.31. The van der Waals surface area contributed by atoms with Crippen LogP contribution in [0.3, 0.4) is 0 Å². The van der Waals surface area contributed by atoms with E-state index in [2.05, 4.69) is 0 Å². The maximum atomic E-state index is 5.31. The Morgan fingerprint density at radius 2 is 1.11 bits per heavy atom. The Balaban J connectivity index is -0.0000000417. The molecule has 0 unspecified atom stereocenters. The summed E-state index contributed by atoms with van der Waals surface area (Å²) < 4.78 is 0. The van der Waals surface area contributed by atoms with Crippen LogP contribution < -0.4 is 11.9 Å². The highest BCUT2D eigenvalue weighted by Crippen LogP contribution is 1.90. The van der Waals surface area contributed by atoms with Gasteiger partial charge in [-0.05, 0) is 20.8 Å². The van der Waals surface area contributed by atoms with E-state index in [1.165, 1.54) is 5.57 Å². The van der Waals surface area contributed by atoms with Gasteiger partial charge in [-0.1, -0.05) is 5.57 Å². The lowest BCUT2D eigenvalue weighted by molar-refractivity contribution is 1.19. The summed E-state index contributed by atoms with van der Waals surface area (Å²) in [5.74, 6) is 0. The summed E-state index contributed by atoms with van der Waals surface area (Å²) in [6.45, 7) is 5.89. The number of nitrogens with two attached hydrogens (primary N) is 1. The second-order valence-electron chi connectivity index (χ2n) is 1.68. The first kappa shape index (κ1) is 23.0. The molecule has 0 aliphatic heterocycles. The fraction of sp³-hybridized carbons (Fsp3) is 0.600. The van der Waals surface area contributed by atoms with Gasteiger partial charge in [0.1, 0.15) is 0 Å². The molecule has 5 N–H and O–H groups in total. The van der Waals surface area contributed by atoms with E-state index >= 15 is 0 Å². The molecule has 2 nitrogen and oxygen atoms in total. The third-order valence-corrected chi connectivity index (χ3v) is 0.789. The van der Waals surface area contributed by atoms with Crippen LogP contribution in [0.15, 0.2) is 11.3 Å². The Labute approximate surface area is 69.3 Å². The average Bonchev–Trinajstić information content (AvgIpc) is 1.36. The quantitative estimate of drug-likeness (QED) is 0.593. The minimum atomic E-state index is 0. The third-order valence-electron chi connectivity index (χ3n) is 0.789. The monoisotopic (exact) mass is 174 g/mol. The molecule has 0 fully saturated rings. The largest absolute Gasteiger partial charge is 0.402 e. The Morgan fingerprint density at radius 3 is 1.11 bits per heavy atom. The van der Waals surface area contributed by atoms with Crippen molar-refractivity contribution in [1.82, 2.24) is 6.15 Å². The molecule has 60 valence electrons. The van der Waals surface area contributed by atoms with E-state index in [9.17, 15) is 0 Å². The van der Waals surface area contributed by atoms with E-state index in [0.29, 0.717) is 0 Å². The fourth-order valence-corrected chi connectivity index (χ4v) is 0. The van der Waals surface area contributed by atoms with E-state index < -0.39 is 0 Å². The molecular weight excluding hydrogens is 159 g/mol. The summed E-state index contributed by atoms with van der Waals surface area (Å²) >= 11 is 0. The number of allylic oxidation sites excluding steroid dienone is 2. The minimum absolute atomic E-state index is 0. The Hall–Kier alpha value is 0.0800. The van der Waals surface area contributed by atoms with Crippen molar-refractivity contribution in [1.29, 1.82) is 0 Å². The van der Waals surface area contributed by atoms with Gasteiger partial charge in [0.25, 0.3) is 0 Å². The Bertz CT molecular complexity index is 63.0. The predicted octanol–water partition coefficient (Wildman–Crippen LogP) is 2.26. The average molecular weight is 175 g/mol. The van der Waals surface area contributed by atoms with Crippen molar-refractivity contribution < 1.29 is 0 Å². The van der Waals surface area contributed by atoms with Crippen LogP contribution in [0.5, 0.6) is 0 Å². The molecule has 0 saturated carbocycles. The highest BCUT2D eigenvalue weighted by Gasteiger charge is 1.75. The molecule has 0 atom stereocenters. The molecule has 0 aliphatic carbocycles. The first-order valence-corrected chi connectivity index (χ1v) is 2.04. The van der Waals surface area contributed by atoms with Crippen LogP contribution in [0.1, 0.15) is 20.8 Å². The molecule has 0 aliphatic rings. The van der Waals surface area contributed by atoms with Crippen molar-refractivity contribution in [3.8, 4) is 0 Å². The number of hydrogen-bond acceptors (Lipinski definition) is 2. The van der Waals surface area contributed by atoms with Crippen LogP contribution in [0.4, 0.5) is 0 Å². The van der Waals surface area contributed by atoms with Crippen molar-refractivity contribution in [2.75, 3.05) is 0 Å². The molecule has 0 aromatic carbocycles. The van der Waals surface area contributed by atoms with Gasteiger partial charge >= 0.3 is 0 Å². The molecule has 0 spiro atoms. The van der Waals surface area contributed by atoms with E-state index in [-0.39, 0.29) is 31.0 Å². The maximum Gasteiger partial charge on any atom is 0.00351 e. The SMILES string of the molecule is CC(C)=C(C)N.Cl.Cl.N. The van der Waals surface area contributed by atoms with Gasteiger partial charge in [0.15, 0.2) is 0 Å². The van der Waals surface area contributed by atoms with E-state index in [1.54, 1.807) is 0 Å². The van der Waals surface area contributed by atoms with Gasteiger partial charge in [0.2, 0.25) is 0 Å². The molecule has 0 radical (unpaired) electrons. The van der Waals surface area contributed by atoms with E-state index in [4.69, 9.17) is 5.73 Å². The van der Waals surface area contributed by atoms with Gasteiger partial charge in [0, 0.05) is 5.70 Å². The number of hydrogen-bond donors (Lipinski definition) is 2. The van der Waals surface area contributed by atoms with Gasteiger partial charge < -0.3 is 11.9 Å². The van der Waals surface area contributed by atoms with Gasteiger partial charge in [0.05, 0.1) is 0 Å². The molecule has 4 heteroatoms. The molecule has 0 rings (SSSR count). The Kier molecular flexibility index (Phi) is 28.0. The van der Waals surface area contributed by atoms with Crippen molar-refractivity contribution in [2.45, 2.75) is 20.8 Å². The zero-order valence-corrected chi connectivity index (χ0v) is 7.73. The number of rotatable bonds is 0. The molecule has 0 bridgehead atoms. The van der Waals surface area contributed by atoms with Crippen LogP contribution in [0, 0.1) is 0 Å². The molecule has 0 amide bonds. The second kappa shape index (κ2) is 11.0. The molecule has 0 saturated heterocycles. The van der Waals surface area contributed by atoms with E-state index in [0.717, 1.165) is 5.70 Å². The highest BCUT2D eigenvalue weighted by molar-refractivity contribution is 5.85. The summed E-state index contributed by atoms with van der Waals surface area (Å²) in [6.07, 6.45) is 0. The second-order valence-corrected chi connectivity index (χ2v) is 1.68. The van der Waals surface area contributed by atoms with Crippen LogP contribution in [0.25, 0.3) is 0 Å². The molecule has 0 heterocycles. The molecule has 0 aromatic rings. The lowest BCUT2D eigenvalue weighted by atomic mass is 10.3. The topological polar surface area (TPSA) is 61.0 Å². The highest BCUT2D eigenvalue weighted by atomic mass is 35.5. The summed E-state index contributed by atoms with van der Waals surface area (Å²) in [5, 5.41) is 0. The Morgan fingerprint density at radius 1 is 1.00 bits per heavy atom. The van der Waals surface area contributed by atoms with Crippen LogP contribution in [-0.4, -0.2) is 0 Å². The minimum Gasteiger partial charge on any atom is -0.402 e. The van der Waals surface area contributed by atoms with Crippen LogP contribution in [-0.2, 0) is 0 Å². The summed E-state index contributed by atoms with van der Waals surface area (Å²) in [6, 6.07) is 0. The molecule has 0 aromatic heterocycles. The first-order chi connectivity index (χ1) is 2.64. The van der Waals surface area contributed by atoms with Crippen molar-refractivity contribution in [2.24, 2.45) is 5.73 Å². The normalized spacial score (nSPS) is 5.22. The van der Waals surface area contributed by atoms with Crippen molar-refractivity contribution >= 4 is 24.8 Å². The zero-order valence-electron chi connectivity index (χ0n) is 6.10. The summed E-state index contributed by atoms with van der Waals surface area (Å²) in [7, 11) is 0. The lowest BCUT2D eigenvalue weighted by Crippen LogP contribution is -1.91. The lowest BCUT2D eigenvalue weighted by Gasteiger charge is -1.88. The van der Waals surface area contributed by atoms with Crippen LogP contribution >= 0.6 is 24.8 Å². The first-order valence-electron chi connectivity index (χ1n) is 2.04. The van der Waals surface area contributed by atoms with Crippen LogP contribution in [0.2, 0.25) is 0 Å². The van der Waals surface area contributed by atoms with E-state index in [1.807, 2.05) is 20.8 Å². The zero-order chi connectivity index (χ0) is 5.15. The summed E-state index contributed by atoms with van der Waals surface area (Å²) in [4.78, 5) is 0. The van der Waals surface area contributed by atoms with Crippen molar-refractivity contribution in [3.05, 3.63) is 11.3 Å². The third kappa shape index (κ3) is 17.9. The van der Waals surface area contributed by atoms with Gasteiger partial charge in [-0.15, -0.1) is 24.8 Å². The fourth-order valence-electron chi connectivity index (χ4n) is 0. The van der Waals surface area contributed by atoms with Gasteiger partial charge in [-0.2, -0.15) is 0 Å². The summed E-state index contributed by atoms with van der Waals surface area (Å²) in [5.41, 5.74) is 7.44. The molecular formula is C5H16Cl2N2. The predicted molar refractivity (Wildman–Crippen MR) is 47.8 cm³/mol. The van der Waals surface area contributed by atoms with Gasteiger partial charge in [-0.3, -0.25) is 0 Å². The standard InChI is InChI=1S/C5H11N.2ClH.H3N/c1-4(2)5(3)6;;;/h6H2,1-3H3;2*1H;1H3. The molecule has 9 heavy (non-hydrogen) atoms. The number of halogens is 2. The smallest absolute Gasteiger partial charge is 0.00351 e. The van der Waals surface area contributed by atoms with Crippen molar-refractivity contribution in [3.63, 3.8) is 0 Å².